The van der Waals surface area contributed by atoms with Gasteiger partial charge in [-0.3, -0.25) is 14.7 Å². The van der Waals surface area contributed by atoms with Gasteiger partial charge in [0.1, 0.15) is 11.6 Å². The van der Waals surface area contributed by atoms with Gasteiger partial charge in [0.25, 0.3) is 5.56 Å². The number of H-pyrrole nitrogens is 1. The van der Waals surface area contributed by atoms with Crippen molar-refractivity contribution < 1.29 is 5.11 Å². The zero-order valence-corrected chi connectivity index (χ0v) is 13.6. The Morgan fingerprint density at radius 1 is 1.12 bits per heavy atom. The van der Waals surface area contributed by atoms with Crippen molar-refractivity contribution in [1.82, 2.24) is 19.9 Å². The predicted octanol–water partition coefficient (Wildman–Crippen LogP) is 2.10. The molecule has 126 valence electrons. The van der Waals surface area contributed by atoms with Crippen molar-refractivity contribution in [3.05, 3.63) is 76.0 Å². The summed E-state index contributed by atoms with van der Waals surface area (Å²) in [4.78, 5) is 26.2. The van der Waals surface area contributed by atoms with E-state index in [4.69, 9.17) is 0 Å². The maximum Gasteiger partial charge on any atom is 0.254 e. The minimum atomic E-state index is -0.0545. The molecule has 6 nitrogen and oxygen atoms in total. The Hall–Kier alpha value is -2.99. The molecule has 0 fully saturated rings. The Labute approximate surface area is 144 Å². The average Bonchev–Trinajstić information content (AvgIpc) is 2.64. The molecule has 0 unspecified atom stereocenters. The fourth-order valence-corrected chi connectivity index (χ4v) is 3.13. The molecule has 2 N–H and O–H groups in total. The highest BCUT2D eigenvalue weighted by atomic mass is 16.3. The molecule has 4 rings (SSSR count). The third kappa shape index (κ3) is 3.29. The van der Waals surface area contributed by atoms with E-state index >= 15 is 0 Å². The van der Waals surface area contributed by atoms with E-state index < -0.39 is 0 Å². The van der Waals surface area contributed by atoms with Crippen molar-refractivity contribution in [2.45, 2.75) is 19.5 Å². The summed E-state index contributed by atoms with van der Waals surface area (Å²) in [5.41, 5.74) is 3.53. The second kappa shape index (κ2) is 6.49. The zero-order valence-electron chi connectivity index (χ0n) is 13.6. The average molecular weight is 334 g/mol. The molecule has 1 aliphatic rings. The van der Waals surface area contributed by atoms with Crippen LogP contribution in [0, 0.1) is 0 Å². The number of aromatic nitrogens is 3. The van der Waals surface area contributed by atoms with Crippen molar-refractivity contribution >= 4 is 0 Å². The monoisotopic (exact) mass is 334 g/mol. The molecule has 6 heteroatoms. The van der Waals surface area contributed by atoms with Crippen LogP contribution in [0.25, 0.3) is 11.4 Å². The van der Waals surface area contributed by atoms with Crippen LogP contribution < -0.4 is 5.56 Å². The third-order valence-electron chi connectivity index (χ3n) is 4.45. The second-order valence-electron chi connectivity index (χ2n) is 6.20. The van der Waals surface area contributed by atoms with E-state index in [0.717, 1.165) is 35.5 Å². The molecule has 0 amide bonds. The molecule has 3 aromatic rings. The van der Waals surface area contributed by atoms with Crippen LogP contribution in [0.3, 0.4) is 0 Å². The molecule has 1 aliphatic heterocycles. The second-order valence-corrected chi connectivity index (χ2v) is 6.20. The van der Waals surface area contributed by atoms with Crippen LogP contribution in [-0.4, -0.2) is 31.5 Å². The number of benzene rings is 1. The highest BCUT2D eigenvalue weighted by Gasteiger charge is 2.21. The first-order valence-electron chi connectivity index (χ1n) is 8.22. The van der Waals surface area contributed by atoms with Crippen LogP contribution >= 0.6 is 0 Å². The number of rotatable bonds is 3. The van der Waals surface area contributed by atoms with Gasteiger partial charge in [-0.15, -0.1) is 0 Å². The molecule has 25 heavy (non-hydrogen) atoms. The number of hydrogen-bond donors (Lipinski definition) is 2. The van der Waals surface area contributed by atoms with Crippen LogP contribution in [0.2, 0.25) is 0 Å². The van der Waals surface area contributed by atoms with Gasteiger partial charge in [0.2, 0.25) is 0 Å². The summed E-state index contributed by atoms with van der Waals surface area (Å²) >= 11 is 0. The van der Waals surface area contributed by atoms with Crippen LogP contribution in [0.1, 0.15) is 16.8 Å². The number of phenolic OH excluding ortho intramolecular Hbond substituents is 1. The Kier molecular flexibility index (Phi) is 4.03. The molecule has 1 aromatic carbocycles. The first-order valence-corrected chi connectivity index (χ1v) is 8.22. The maximum absolute atomic E-state index is 12.4. The van der Waals surface area contributed by atoms with Crippen molar-refractivity contribution in [1.29, 1.82) is 0 Å². The lowest BCUT2D eigenvalue weighted by Gasteiger charge is -2.27. The van der Waals surface area contributed by atoms with Crippen LogP contribution in [0.15, 0.2) is 53.6 Å². The molecular weight excluding hydrogens is 316 g/mol. The van der Waals surface area contributed by atoms with Crippen molar-refractivity contribution in [2.24, 2.45) is 0 Å². The Bertz CT molecular complexity index is 936. The molecule has 0 saturated heterocycles. The lowest BCUT2D eigenvalue weighted by Crippen LogP contribution is -2.35. The Balaban J connectivity index is 1.60. The van der Waals surface area contributed by atoms with E-state index in [0.29, 0.717) is 18.8 Å². The minimum absolute atomic E-state index is 0.0545. The fourth-order valence-electron chi connectivity index (χ4n) is 3.13. The summed E-state index contributed by atoms with van der Waals surface area (Å²) < 4.78 is 0. The Morgan fingerprint density at radius 2 is 1.88 bits per heavy atom. The molecule has 3 heterocycles. The zero-order chi connectivity index (χ0) is 17.2. The van der Waals surface area contributed by atoms with E-state index in [1.807, 2.05) is 24.3 Å². The lowest BCUT2D eigenvalue weighted by molar-refractivity contribution is 0.240. The third-order valence-corrected chi connectivity index (χ3v) is 4.45. The molecule has 2 aromatic heterocycles. The van der Waals surface area contributed by atoms with Gasteiger partial charge in [-0.25, -0.2) is 4.98 Å². The van der Waals surface area contributed by atoms with Gasteiger partial charge in [0.05, 0.1) is 5.69 Å². The largest absolute Gasteiger partial charge is 0.508 e. The van der Waals surface area contributed by atoms with E-state index in [-0.39, 0.29) is 11.3 Å². The van der Waals surface area contributed by atoms with Crippen LogP contribution in [-0.2, 0) is 19.5 Å². The standard InChI is InChI=1S/C19H18N4O2/c24-15-3-1-13(2-4-15)11-23-10-7-16-17(12-23)21-18(22-19(16)25)14-5-8-20-9-6-14/h1-6,8-9,24H,7,10-12H2,(H,21,22,25). The first-order chi connectivity index (χ1) is 12.2. The molecule has 0 aliphatic carbocycles. The van der Waals surface area contributed by atoms with Crippen molar-refractivity contribution in [3.8, 4) is 17.1 Å². The summed E-state index contributed by atoms with van der Waals surface area (Å²) in [5.74, 6) is 0.848. The number of hydrogen-bond acceptors (Lipinski definition) is 5. The van der Waals surface area contributed by atoms with Gasteiger partial charge in [-0.05, 0) is 36.2 Å². The quantitative estimate of drug-likeness (QED) is 0.766. The SMILES string of the molecule is O=c1[nH]c(-c2ccncc2)nc2c1CCN(Cc1ccc(O)cc1)C2. The smallest absolute Gasteiger partial charge is 0.254 e. The summed E-state index contributed by atoms with van der Waals surface area (Å²) in [5, 5.41) is 9.40. The fraction of sp³-hybridized carbons (Fsp3) is 0.211. The highest BCUT2D eigenvalue weighted by molar-refractivity contribution is 5.54. The van der Waals surface area contributed by atoms with Gasteiger partial charge < -0.3 is 10.1 Å². The van der Waals surface area contributed by atoms with E-state index in [2.05, 4.69) is 19.9 Å². The van der Waals surface area contributed by atoms with Crippen LogP contribution in [0.5, 0.6) is 5.75 Å². The van der Waals surface area contributed by atoms with E-state index in [1.165, 1.54) is 0 Å². The summed E-state index contributed by atoms with van der Waals surface area (Å²) in [7, 11) is 0. The van der Waals surface area contributed by atoms with Crippen molar-refractivity contribution in [2.75, 3.05) is 6.54 Å². The topological polar surface area (TPSA) is 82.1 Å². The van der Waals surface area contributed by atoms with Gasteiger partial charge >= 0.3 is 0 Å². The normalized spacial score (nSPS) is 14.2. The number of aromatic amines is 1. The molecule has 0 bridgehead atoms. The first kappa shape index (κ1) is 15.5. The maximum atomic E-state index is 12.4. The van der Waals surface area contributed by atoms with Gasteiger partial charge in [0, 0.05) is 43.2 Å². The summed E-state index contributed by atoms with van der Waals surface area (Å²) in [6, 6.07) is 10.9. The summed E-state index contributed by atoms with van der Waals surface area (Å²) in [6.07, 6.45) is 4.06. The number of phenols is 1. The Morgan fingerprint density at radius 3 is 2.64 bits per heavy atom. The van der Waals surface area contributed by atoms with E-state index in [9.17, 15) is 9.90 Å². The molecule has 0 saturated carbocycles. The molecule has 0 radical (unpaired) electrons. The van der Waals surface area contributed by atoms with Gasteiger partial charge in [-0.1, -0.05) is 12.1 Å². The van der Waals surface area contributed by atoms with Gasteiger partial charge in [0.15, 0.2) is 0 Å². The number of fused-ring (bicyclic) bond motifs is 1. The predicted molar refractivity (Wildman–Crippen MR) is 94.0 cm³/mol. The number of nitrogens with zero attached hydrogens (tertiary/aromatic N) is 3. The highest BCUT2D eigenvalue weighted by Crippen LogP contribution is 2.20. The summed E-state index contributed by atoms with van der Waals surface area (Å²) in [6.45, 7) is 2.21. The van der Waals surface area contributed by atoms with Crippen LogP contribution in [0.4, 0.5) is 0 Å². The minimum Gasteiger partial charge on any atom is -0.508 e. The van der Waals surface area contributed by atoms with E-state index in [1.54, 1.807) is 24.5 Å². The molecular formula is C19H18N4O2. The molecule has 0 spiro atoms. The number of nitrogens with one attached hydrogen (secondary N) is 1. The molecule has 0 atom stereocenters. The lowest BCUT2D eigenvalue weighted by atomic mass is 10.0. The van der Waals surface area contributed by atoms with Crippen molar-refractivity contribution in [3.63, 3.8) is 0 Å². The van der Waals surface area contributed by atoms with Gasteiger partial charge in [-0.2, -0.15) is 0 Å². The number of aromatic hydroxyl groups is 1. The number of pyridine rings is 1.